The number of benzene rings is 1. The van der Waals surface area contributed by atoms with Gasteiger partial charge in [0, 0.05) is 32.6 Å². The van der Waals surface area contributed by atoms with Crippen LogP contribution in [0.1, 0.15) is 39.5 Å². The first-order chi connectivity index (χ1) is 12.5. The maximum Gasteiger partial charge on any atom is 0.269 e. The van der Waals surface area contributed by atoms with E-state index in [1.807, 2.05) is 0 Å². The summed E-state index contributed by atoms with van der Waals surface area (Å²) in [6.07, 6.45) is 3.66. The Bertz CT molecular complexity index is 597. The third-order valence-corrected chi connectivity index (χ3v) is 4.38. The Morgan fingerprint density at radius 3 is 2.80 bits per heavy atom. The molecule has 3 unspecified atom stereocenters. The fraction of sp³-hybridized carbons (Fsp3) is 0.611. The molecule has 0 spiro atoms. The van der Waals surface area contributed by atoms with E-state index in [0.717, 1.165) is 25.9 Å². The third kappa shape index (κ3) is 6.43. The molecule has 1 saturated heterocycles. The molecule has 1 aliphatic heterocycles. The van der Waals surface area contributed by atoms with E-state index >= 15 is 0 Å². The number of nitrogens with zero attached hydrogens (tertiary/aromatic N) is 1. The van der Waals surface area contributed by atoms with Crippen LogP contribution in [0.2, 0.25) is 0 Å². The van der Waals surface area contributed by atoms with Crippen molar-refractivity contribution in [3.8, 4) is 0 Å². The predicted molar refractivity (Wildman–Crippen MR) is 97.5 cm³/mol. The fourth-order valence-corrected chi connectivity index (χ4v) is 2.90. The van der Waals surface area contributed by atoms with E-state index in [-0.39, 0.29) is 24.2 Å². The first kappa shape index (κ1) is 17.8. The highest BCUT2D eigenvalue weighted by Gasteiger charge is 2.28. The van der Waals surface area contributed by atoms with E-state index in [0.29, 0.717) is 11.6 Å². The zero-order chi connectivity index (χ0) is 18.9. The van der Waals surface area contributed by atoms with E-state index in [1.165, 1.54) is 25.0 Å². The van der Waals surface area contributed by atoms with Crippen LogP contribution in [-0.2, 0) is 11.2 Å². The second-order valence-corrected chi connectivity index (χ2v) is 6.35. The summed E-state index contributed by atoms with van der Waals surface area (Å²) >= 11 is 0. The van der Waals surface area contributed by atoms with E-state index in [9.17, 15) is 14.9 Å². The van der Waals surface area contributed by atoms with E-state index in [2.05, 4.69) is 22.9 Å². The van der Waals surface area contributed by atoms with Crippen molar-refractivity contribution in [2.45, 2.75) is 51.1 Å². The van der Waals surface area contributed by atoms with Crippen LogP contribution in [0.4, 0.5) is 5.69 Å². The number of rotatable bonds is 10. The van der Waals surface area contributed by atoms with Crippen molar-refractivity contribution in [2.24, 2.45) is 0 Å². The molecule has 1 amide bonds. The first-order valence-corrected chi connectivity index (χ1v) is 8.92. The Morgan fingerprint density at radius 2 is 2.12 bits per heavy atom. The molecule has 0 bridgehead atoms. The van der Waals surface area contributed by atoms with Crippen molar-refractivity contribution in [2.75, 3.05) is 19.6 Å². The summed E-state index contributed by atoms with van der Waals surface area (Å²) in [5, 5.41) is 20.2. The van der Waals surface area contributed by atoms with Gasteiger partial charge in [-0.3, -0.25) is 14.9 Å². The molecule has 1 heterocycles. The summed E-state index contributed by atoms with van der Waals surface area (Å²) in [5.41, 5.74) is 0.642. The van der Waals surface area contributed by atoms with Crippen molar-refractivity contribution >= 4 is 11.6 Å². The Labute approximate surface area is 150 Å². The normalized spacial score (nSPS) is 21.6. The lowest BCUT2D eigenvalue weighted by atomic mass is 10.1. The zero-order valence-electron chi connectivity index (χ0n) is 15.7. The highest BCUT2D eigenvalue weighted by molar-refractivity contribution is 5.82. The van der Waals surface area contributed by atoms with Gasteiger partial charge >= 0.3 is 0 Å². The molecule has 3 N–H and O–H groups in total. The Kier molecular flexibility index (Phi) is 7.20. The Hall–Kier alpha value is -1.99. The number of nitro groups is 1. The summed E-state index contributed by atoms with van der Waals surface area (Å²) in [7, 11) is 0. The zero-order valence-corrected chi connectivity index (χ0v) is 14.7. The molecule has 1 aromatic rings. The van der Waals surface area contributed by atoms with Gasteiger partial charge in [0.1, 0.15) is 0 Å². The third-order valence-electron chi connectivity index (χ3n) is 4.38. The molecule has 1 aromatic carbocycles. The smallest absolute Gasteiger partial charge is 0.269 e. The number of nitro benzene ring substituents is 1. The molecule has 1 fully saturated rings. The topological polar surface area (TPSA) is 96.3 Å². The minimum atomic E-state index is -0.649. The molecule has 7 nitrogen and oxygen atoms in total. The van der Waals surface area contributed by atoms with Crippen LogP contribution in [0.15, 0.2) is 24.3 Å². The molecule has 0 saturated carbocycles. The van der Waals surface area contributed by atoms with Crippen molar-refractivity contribution < 1.29 is 11.1 Å². The lowest BCUT2D eigenvalue weighted by Gasteiger charge is -2.12. The molecule has 3 atom stereocenters. The van der Waals surface area contributed by atoms with Gasteiger partial charge in [-0.2, -0.15) is 0 Å². The molecule has 0 radical (unpaired) electrons. The minimum absolute atomic E-state index is 0.00220. The quantitative estimate of drug-likeness (QED) is 0.340. The number of unbranched alkanes of at least 4 members (excludes halogenated alkanes) is 2. The fourth-order valence-electron chi connectivity index (χ4n) is 2.90. The lowest BCUT2D eigenvalue weighted by molar-refractivity contribution is -0.384. The number of carbonyl (C=O) groups is 1. The van der Waals surface area contributed by atoms with Crippen LogP contribution < -0.4 is 16.0 Å². The lowest BCUT2D eigenvalue weighted by Crippen LogP contribution is -2.41. The van der Waals surface area contributed by atoms with Crippen LogP contribution in [0.3, 0.4) is 0 Å². The first-order valence-electron chi connectivity index (χ1n) is 9.50. The van der Waals surface area contributed by atoms with Gasteiger partial charge in [0.2, 0.25) is 5.91 Å². The Balaban J connectivity index is 1.71. The Morgan fingerprint density at radius 1 is 1.36 bits per heavy atom. The largest absolute Gasteiger partial charge is 0.354 e. The number of hydrogen-bond acceptors (Lipinski definition) is 5. The monoisotopic (exact) mass is 349 g/mol. The minimum Gasteiger partial charge on any atom is -0.354 e. The highest BCUT2D eigenvalue weighted by atomic mass is 16.6. The average Bonchev–Trinajstić information content (AvgIpc) is 3.12. The van der Waals surface area contributed by atoms with Gasteiger partial charge in [-0.25, -0.2) is 0 Å². The number of nitrogens with one attached hydrogen (secondary N) is 3. The maximum atomic E-state index is 12.3. The predicted octanol–water partition coefficient (Wildman–Crippen LogP) is 1.76. The second-order valence-electron chi connectivity index (χ2n) is 6.35. The van der Waals surface area contributed by atoms with Crippen LogP contribution >= 0.6 is 0 Å². The molecular formula is C18H28N4O3. The molecule has 138 valence electrons. The molecule has 2 rings (SSSR count). The summed E-state index contributed by atoms with van der Waals surface area (Å²) in [4.78, 5) is 22.5. The van der Waals surface area contributed by atoms with Gasteiger partial charge in [-0.1, -0.05) is 31.9 Å². The molecule has 25 heavy (non-hydrogen) atoms. The van der Waals surface area contributed by atoms with Crippen LogP contribution in [-0.4, -0.2) is 42.5 Å². The number of carbonyl (C=O) groups excluding carboxylic acids is 1. The van der Waals surface area contributed by atoms with E-state index < -0.39 is 11.3 Å². The molecule has 0 aromatic heterocycles. The standard InChI is InChI=1S/C18H28N4O3/c1-2-3-4-10-19-15-12-17(21-13-15)18(23)20-11-9-14-5-7-16(8-6-14)22(24)25/h5-8,15,17,19,21H,2-4,9-13H2,1H3,(H,20,23)/i9D. The van der Waals surface area contributed by atoms with Crippen molar-refractivity contribution in [3.63, 3.8) is 0 Å². The van der Waals surface area contributed by atoms with Crippen molar-refractivity contribution in [1.29, 1.82) is 0 Å². The van der Waals surface area contributed by atoms with Gasteiger partial charge < -0.3 is 16.0 Å². The summed E-state index contributed by atoms with van der Waals surface area (Å²) in [6, 6.07) is 5.96. The molecular weight excluding hydrogens is 320 g/mol. The highest BCUT2D eigenvalue weighted by Crippen LogP contribution is 2.12. The van der Waals surface area contributed by atoms with E-state index in [4.69, 9.17) is 1.37 Å². The molecule has 7 heteroatoms. The van der Waals surface area contributed by atoms with Crippen LogP contribution in [0, 0.1) is 10.1 Å². The van der Waals surface area contributed by atoms with Crippen LogP contribution in [0.5, 0.6) is 0 Å². The van der Waals surface area contributed by atoms with Gasteiger partial charge in [-0.15, -0.1) is 0 Å². The van der Waals surface area contributed by atoms with Crippen molar-refractivity contribution in [1.82, 2.24) is 16.0 Å². The summed E-state index contributed by atoms with van der Waals surface area (Å²) in [5.74, 6) is -0.0954. The summed E-state index contributed by atoms with van der Waals surface area (Å²) in [6.45, 7) is 4.11. The second kappa shape index (κ2) is 10.1. The van der Waals surface area contributed by atoms with Gasteiger partial charge in [0.15, 0.2) is 0 Å². The number of non-ortho nitro benzene ring substituents is 1. The maximum absolute atomic E-state index is 12.3. The number of hydrogen-bond donors (Lipinski definition) is 3. The van der Waals surface area contributed by atoms with Crippen molar-refractivity contribution in [3.05, 3.63) is 39.9 Å². The van der Waals surface area contributed by atoms with Gasteiger partial charge in [0.25, 0.3) is 5.69 Å². The van der Waals surface area contributed by atoms with Gasteiger partial charge in [-0.05, 0) is 31.3 Å². The van der Waals surface area contributed by atoms with Gasteiger partial charge in [0.05, 0.1) is 11.0 Å². The average molecular weight is 349 g/mol. The number of amides is 1. The van der Waals surface area contributed by atoms with Crippen LogP contribution in [0.25, 0.3) is 0 Å². The molecule has 1 aliphatic rings. The summed E-state index contributed by atoms with van der Waals surface area (Å²) < 4.78 is 8.11. The molecule has 0 aliphatic carbocycles. The van der Waals surface area contributed by atoms with E-state index in [1.54, 1.807) is 12.1 Å². The SMILES string of the molecule is [2H]C(CNC(=O)C1CC(NCCCCC)CN1)c1ccc([N+](=O)[O-])cc1.